The Balaban J connectivity index is 1.10. The fourth-order valence-electron chi connectivity index (χ4n) is 6.10. The summed E-state index contributed by atoms with van der Waals surface area (Å²) in [6, 6.07) is 26.5. The normalized spacial score (nSPS) is 18.1. The van der Waals surface area contributed by atoms with E-state index in [-0.39, 0.29) is 12.0 Å². The second kappa shape index (κ2) is 10.9. The Hall–Kier alpha value is -3.80. The van der Waals surface area contributed by atoms with Crippen molar-refractivity contribution in [2.75, 3.05) is 31.1 Å². The van der Waals surface area contributed by atoms with Crippen molar-refractivity contribution in [1.29, 1.82) is 0 Å². The minimum Gasteiger partial charge on any atom is -0.436 e. The molecule has 0 spiro atoms. The molecular formula is C32H35N3O3. The number of carbonyl (C=O) groups excluding carboxylic acids is 2. The van der Waals surface area contributed by atoms with E-state index in [0.717, 1.165) is 47.3 Å². The van der Waals surface area contributed by atoms with Crippen LogP contribution in [0.5, 0.6) is 0 Å². The lowest BCUT2D eigenvalue weighted by Gasteiger charge is -2.36. The van der Waals surface area contributed by atoms with E-state index in [1.165, 1.54) is 19.3 Å². The number of hydrogen-bond acceptors (Lipinski definition) is 4. The average molecular weight is 510 g/mol. The summed E-state index contributed by atoms with van der Waals surface area (Å²) >= 11 is 0. The molecule has 38 heavy (non-hydrogen) atoms. The highest BCUT2D eigenvalue weighted by molar-refractivity contribution is 5.99. The fourth-order valence-corrected chi connectivity index (χ4v) is 6.10. The minimum absolute atomic E-state index is 0.184. The zero-order valence-corrected chi connectivity index (χ0v) is 21.8. The lowest BCUT2D eigenvalue weighted by atomic mass is 9.94. The lowest BCUT2D eigenvalue weighted by Crippen LogP contribution is -2.49. The summed E-state index contributed by atoms with van der Waals surface area (Å²) in [6.07, 6.45) is 5.24. The Kier molecular flexibility index (Phi) is 7.04. The van der Waals surface area contributed by atoms with Crippen molar-refractivity contribution in [2.24, 2.45) is 0 Å². The van der Waals surface area contributed by atoms with Crippen molar-refractivity contribution >= 4 is 17.7 Å². The van der Waals surface area contributed by atoms with Crippen LogP contribution in [0.2, 0.25) is 0 Å². The number of piperazine rings is 1. The molecule has 0 unspecified atom stereocenters. The second-order valence-electron chi connectivity index (χ2n) is 10.6. The number of ether oxygens (including phenoxy) is 1. The first kappa shape index (κ1) is 24.5. The molecule has 6 nitrogen and oxygen atoms in total. The highest BCUT2D eigenvalue weighted by Crippen LogP contribution is 2.33. The molecule has 1 aliphatic carbocycles. The van der Waals surface area contributed by atoms with Gasteiger partial charge in [-0.2, -0.15) is 0 Å². The summed E-state index contributed by atoms with van der Waals surface area (Å²) in [5.74, 6) is 0.184. The molecule has 2 aliphatic heterocycles. The minimum atomic E-state index is -0.447. The highest BCUT2D eigenvalue weighted by atomic mass is 16.6. The molecule has 1 saturated heterocycles. The SMILES string of the molecule is O=C(OC(c1ccccc1)c1ccccc1)N1CCN(c2ccc3c(c2)C(=O)N(C2CCCCC2)C3)CC1. The molecule has 2 fully saturated rings. The standard InChI is InChI=1S/C32H35N3O3/c36-31-29-22-28(17-16-26(29)23-35(31)27-14-8-3-9-15-27)33-18-20-34(21-19-33)32(37)38-30(24-10-4-1-5-11-24)25-12-6-2-7-13-25/h1-2,4-7,10-13,16-17,22,27,30H,3,8-9,14-15,18-21,23H2. The predicted molar refractivity (Wildman–Crippen MR) is 148 cm³/mol. The number of nitrogens with zero attached hydrogens (tertiary/aromatic N) is 3. The van der Waals surface area contributed by atoms with Gasteiger partial charge in [0.25, 0.3) is 5.91 Å². The number of amides is 2. The van der Waals surface area contributed by atoms with E-state index < -0.39 is 6.10 Å². The van der Waals surface area contributed by atoms with Gasteiger partial charge in [0.15, 0.2) is 6.10 Å². The maximum atomic E-state index is 13.2. The maximum Gasteiger partial charge on any atom is 0.410 e. The Labute approximate surface area is 224 Å². The monoisotopic (exact) mass is 509 g/mol. The van der Waals surface area contributed by atoms with Gasteiger partial charge in [-0.25, -0.2) is 4.79 Å². The van der Waals surface area contributed by atoms with Crippen molar-refractivity contribution in [3.63, 3.8) is 0 Å². The number of hydrogen-bond donors (Lipinski definition) is 0. The van der Waals surface area contributed by atoms with Crippen LogP contribution in [0.15, 0.2) is 78.9 Å². The summed E-state index contributed by atoms with van der Waals surface area (Å²) in [7, 11) is 0. The van der Waals surface area contributed by atoms with Gasteiger partial charge in [0, 0.05) is 50.0 Å². The third-order valence-corrected chi connectivity index (χ3v) is 8.27. The highest BCUT2D eigenvalue weighted by Gasteiger charge is 2.34. The third kappa shape index (κ3) is 5.00. The molecule has 2 amide bonds. The molecule has 0 atom stereocenters. The van der Waals surface area contributed by atoms with Gasteiger partial charge >= 0.3 is 6.09 Å². The smallest absolute Gasteiger partial charge is 0.410 e. The summed E-state index contributed by atoms with van der Waals surface area (Å²) in [5, 5.41) is 0. The lowest BCUT2D eigenvalue weighted by molar-refractivity contribution is 0.0660. The third-order valence-electron chi connectivity index (χ3n) is 8.27. The molecule has 3 aliphatic rings. The van der Waals surface area contributed by atoms with Crippen molar-refractivity contribution in [2.45, 2.75) is 50.8 Å². The molecule has 0 N–H and O–H groups in total. The van der Waals surface area contributed by atoms with E-state index in [2.05, 4.69) is 28.0 Å². The van der Waals surface area contributed by atoms with E-state index in [9.17, 15) is 9.59 Å². The van der Waals surface area contributed by atoms with Gasteiger partial charge in [0.2, 0.25) is 0 Å². The molecule has 6 rings (SSSR count). The molecule has 1 saturated carbocycles. The van der Waals surface area contributed by atoms with Crippen molar-refractivity contribution in [1.82, 2.24) is 9.80 Å². The van der Waals surface area contributed by atoms with Gasteiger partial charge in [0.05, 0.1) is 0 Å². The number of fused-ring (bicyclic) bond motifs is 1. The van der Waals surface area contributed by atoms with Crippen LogP contribution in [0.1, 0.15) is 65.3 Å². The molecule has 0 bridgehead atoms. The second-order valence-corrected chi connectivity index (χ2v) is 10.6. The van der Waals surface area contributed by atoms with Gasteiger partial charge < -0.3 is 19.4 Å². The topological polar surface area (TPSA) is 53.1 Å². The summed E-state index contributed by atoms with van der Waals surface area (Å²) < 4.78 is 6.07. The first-order valence-corrected chi connectivity index (χ1v) is 13.9. The van der Waals surface area contributed by atoms with Gasteiger partial charge in [-0.3, -0.25) is 4.79 Å². The van der Waals surface area contributed by atoms with Crippen LogP contribution in [0.25, 0.3) is 0 Å². The molecule has 3 aromatic carbocycles. The number of anilines is 1. The molecule has 3 aromatic rings. The zero-order chi connectivity index (χ0) is 25.9. The van der Waals surface area contributed by atoms with Crippen LogP contribution in [0, 0.1) is 0 Å². The van der Waals surface area contributed by atoms with E-state index in [1.54, 1.807) is 4.90 Å². The van der Waals surface area contributed by atoms with E-state index in [0.29, 0.717) is 32.2 Å². The van der Waals surface area contributed by atoms with E-state index in [4.69, 9.17) is 4.74 Å². The Morgan fingerprint density at radius 3 is 2.05 bits per heavy atom. The predicted octanol–water partition coefficient (Wildman–Crippen LogP) is 6.02. The quantitative estimate of drug-likeness (QED) is 0.422. The summed E-state index contributed by atoms with van der Waals surface area (Å²) in [5.41, 5.74) is 4.96. The molecule has 0 radical (unpaired) electrons. The van der Waals surface area contributed by atoms with Crippen molar-refractivity contribution in [3.8, 4) is 0 Å². The van der Waals surface area contributed by atoms with Crippen molar-refractivity contribution in [3.05, 3.63) is 101 Å². The van der Waals surface area contributed by atoms with Gasteiger partial charge in [0.1, 0.15) is 0 Å². The molecule has 0 aromatic heterocycles. The number of benzene rings is 3. The van der Waals surface area contributed by atoms with Gasteiger partial charge in [-0.15, -0.1) is 0 Å². The van der Waals surface area contributed by atoms with E-state index in [1.807, 2.05) is 60.7 Å². The number of rotatable bonds is 5. The van der Waals surface area contributed by atoms with Gasteiger partial charge in [-0.05, 0) is 41.7 Å². The summed E-state index contributed by atoms with van der Waals surface area (Å²) in [4.78, 5) is 32.6. The first-order chi connectivity index (χ1) is 18.7. The first-order valence-electron chi connectivity index (χ1n) is 13.9. The molecule has 2 heterocycles. The maximum absolute atomic E-state index is 13.2. The fraction of sp³-hybridized carbons (Fsp3) is 0.375. The Bertz CT molecular complexity index is 1230. The largest absolute Gasteiger partial charge is 0.436 e. The molecule has 6 heteroatoms. The number of carbonyl (C=O) groups is 2. The summed E-state index contributed by atoms with van der Waals surface area (Å²) in [6.45, 7) is 3.30. The van der Waals surface area contributed by atoms with E-state index >= 15 is 0 Å². The van der Waals surface area contributed by atoms with Crippen molar-refractivity contribution < 1.29 is 14.3 Å². The van der Waals surface area contributed by atoms with Gasteiger partial charge in [-0.1, -0.05) is 86.0 Å². The average Bonchev–Trinajstić information content (AvgIpc) is 3.32. The van der Waals surface area contributed by atoms with Crippen LogP contribution < -0.4 is 4.90 Å². The zero-order valence-electron chi connectivity index (χ0n) is 21.8. The Morgan fingerprint density at radius 2 is 1.42 bits per heavy atom. The molecular weight excluding hydrogens is 474 g/mol. The molecule has 196 valence electrons. The van der Waals surface area contributed by atoms with Crippen LogP contribution in [-0.2, 0) is 11.3 Å². The van der Waals surface area contributed by atoms with Crippen LogP contribution in [0.3, 0.4) is 0 Å². The van der Waals surface area contributed by atoms with Crippen LogP contribution >= 0.6 is 0 Å². The van der Waals surface area contributed by atoms with Crippen LogP contribution in [0.4, 0.5) is 10.5 Å². The van der Waals surface area contributed by atoms with Crippen LogP contribution in [-0.4, -0.2) is 54.0 Å². The Morgan fingerprint density at radius 1 is 0.789 bits per heavy atom.